The number of hydrogen-bond acceptors (Lipinski definition) is 4. The van der Waals surface area contributed by atoms with Crippen molar-refractivity contribution in [2.24, 2.45) is 0 Å². The Hall–Kier alpha value is -2.59. The SMILES string of the molecule is CNC(=O)c1ccc([C@@H]2Nc3cc(C(F)(F)F)ccc3S(=O)(=O)N2)cc1. The van der Waals surface area contributed by atoms with Crippen LogP contribution in [0.2, 0.25) is 0 Å². The van der Waals surface area contributed by atoms with Gasteiger partial charge in [0.1, 0.15) is 11.1 Å². The number of amides is 1. The van der Waals surface area contributed by atoms with Gasteiger partial charge in [0.25, 0.3) is 5.91 Å². The van der Waals surface area contributed by atoms with Crippen molar-refractivity contribution in [3.63, 3.8) is 0 Å². The Bertz CT molecular complexity index is 957. The summed E-state index contributed by atoms with van der Waals surface area (Å²) in [4.78, 5) is 11.3. The number of hydrogen-bond donors (Lipinski definition) is 3. The molecule has 0 saturated heterocycles. The van der Waals surface area contributed by atoms with E-state index < -0.39 is 27.9 Å². The normalized spacial score (nSPS) is 18.5. The third-order valence-electron chi connectivity index (χ3n) is 3.90. The minimum Gasteiger partial charge on any atom is -0.364 e. The quantitative estimate of drug-likeness (QED) is 0.741. The molecular weight excluding hydrogens is 371 g/mol. The first-order valence-electron chi connectivity index (χ1n) is 7.44. The Morgan fingerprint density at radius 2 is 1.77 bits per heavy atom. The number of anilines is 1. The molecule has 1 amide bonds. The topological polar surface area (TPSA) is 87.3 Å². The van der Waals surface area contributed by atoms with Crippen LogP contribution >= 0.6 is 0 Å². The van der Waals surface area contributed by atoms with Crippen LogP contribution in [0, 0.1) is 0 Å². The molecule has 1 heterocycles. The highest BCUT2D eigenvalue weighted by atomic mass is 32.2. The van der Waals surface area contributed by atoms with Gasteiger partial charge in [-0.2, -0.15) is 17.9 Å². The summed E-state index contributed by atoms with van der Waals surface area (Å²) in [6, 6.07) is 8.42. The van der Waals surface area contributed by atoms with E-state index in [0.717, 1.165) is 18.2 Å². The van der Waals surface area contributed by atoms with Crippen molar-refractivity contribution in [3.8, 4) is 0 Å². The lowest BCUT2D eigenvalue weighted by atomic mass is 10.1. The van der Waals surface area contributed by atoms with Gasteiger partial charge in [-0.25, -0.2) is 8.42 Å². The van der Waals surface area contributed by atoms with Crippen LogP contribution in [0.5, 0.6) is 0 Å². The maximum Gasteiger partial charge on any atom is 0.416 e. The number of fused-ring (bicyclic) bond motifs is 1. The van der Waals surface area contributed by atoms with Gasteiger partial charge < -0.3 is 10.6 Å². The van der Waals surface area contributed by atoms with Crippen LogP contribution in [0.15, 0.2) is 47.4 Å². The standard InChI is InChI=1S/C16H14F3N3O3S/c1-20-15(23)10-4-2-9(3-5-10)14-21-12-8-11(16(17,18)19)6-7-13(12)26(24,25)22-14/h2-8,14,21-22H,1H3,(H,20,23)/t14-/m1/s1. The first-order valence-corrected chi connectivity index (χ1v) is 8.92. The zero-order valence-corrected chi connectivity index (χ0v) is 14.2. The number of alkyl halides is 3. The molecule has 0 spiro atoms. The largest absolute Gasteiger partial charge is 0.416 e. The smallest absolute Gasteiger partial charge is 0.364 e. The van der Waals surface area contributed by atoms with Crippen molar-refractivity contribution in [2.75, 3.05) is 12.4 Å². The Balaban J connectivity index is 1.97. The van der Waals surface area contributed by atoms with E-state index >= 15 is 0 Å². The summed E-state index contributed by atoms with van der Waals surface area (Å²) in [7, 11) is -2.52. The second-order valence-electron chi connectivity index (χ2n) is 5.61. The van der Waals surface area contributed by atoms with E-state index in [2.05, 4.69) is 15.4 Å². The van der Waals surface area contributed by atoms with Crippen molar-refractivity contribution in [3.05, 3.63) is 59.2 Å². The average Bonchev–Trinajstić information content (AvgIpc) is 2.59. The highest BCUT2D eigenvalue weighted by Crippen LogP contribution is 2.37. The molecule has 0 saturated carbocycles. The van der Waals surface area contributed by atoms with E-state index in [1.165, 1.54) is 31.3 Å². The molecule has 26 heavy (non-hydrogen) atoms. The highest BCUT2D eigenvalue weighted by Gasteiger charge is 2.35. The van der Waals surface area contributed by atoms with Gasteiger partial charge in [-0.1, -0.05) is 12.1 Å². The van der Waals surface area contributed by atoms with Crippen molar-refractivity contribution >= 4 is 21.6 Å². The molecule has 0 fully saturated rings. The molecule has 10 heteroatoms. The Labute approximate surface area is 147 Å². The predicted molar refractivity (Wildman–Crippen MR) is 88.0 cm³/mol. The van der Waals surface area contributed by atoms with Gasteiger partial charge in [-0.3, -0.25) is 4.79 Å². The van der Waals surface area contributed by atoms with E-state index in [4.69, 9.17) is 0 Å². The van der Waals surface area contributed by atoms with Crippen molar-refractivity contribution in [1.82, 2.24) is 10.0 Å². The average molecular weight is 385 g/mol. The summed E-state index contributed by atoms with van der Waals surface area (Å²) in [5.41, 5.74) is -0.271. The molecule has 2 aromatic rings. The third-order valence-corrected chi connectivity index (χ3v) is 5.38. The number of carbonyl (C=O) groups excluding carboxylic acids is 1. The van der Waals surface area contributed by atoms with E-state index in [9.17, 15) is 26.4 Å². The molecule has 6 nitrogen and oxygen atoms in total. The fourth-order valence-corrected chi connectivity index (χ4v) is 3.87. The third kappa shape index (κ3) is 3.37. The molecule has 1 aliphatic heterocycles. The number of rotatable bonds is 2. The molecular formula is C16H14F3N3O3S. The summed E-state index contributed by atoms with van der Waals surface area (Å²) >= 11 is 0. The molecule has 0 radical (unpaired) electrons. The monoisotopic (exact) mass is 385 g/mol. The van der Waals surface area contributed by atoms with Gasteiger partial charge in [-0.05, 0) is 35.9 Å². The van der Waals surface area contributed by atoms with Gasteiger partial charge >= 0.3 is 6.18 Å². The number of benzene rings is 2. The highest BCUT2D eigenvalue weighted by molar-refractivity contribution is 7.89. The lowest BCUT2D eigenvalue weighted by Gasteiger charge is -2.29. The summed E-state index contributed by atoms with van der Waals surface area (Å²) in [5.74, 6) is -0.311. The van der Waals surface area contributed by atoms with Crippen LogP contribution in [0.25, 0.3) is 0 Å². The van der Waals surface area contributed by atoms with Crippen LogP contribution < -0.4 is 15.4 Å². The van der Waals surface area contributed by atoms with Gasteiger partial charge in [0.15, 0.2) is 0 Å². The second kappa shape index (κ2) is 6.29. The predicted octanol–water partition coefficient (Wildman–Crippen LogP) is 2.47. The zero-order valence-electron chi connectivity index (χ0n) is 13.4. The van der Waals surface area contributed by atoms with Gasteiger partial charge in [0.2, 0.25) is 10.0 Å². The minimum atomic E-state index is -4.59. The van der Waals surface area contributed by atoms with Gasteiger partial charge in [-0.15, -0.1) is 0 Å². The second-order valence-corrected chi connectivity index (χ2v) is 7.29. The van der Waals surface area contributed by atoms with Crippen LogP contribution in [0.4, 0.5) is 18.9 Å². The summed E-state index contributed by atoms with van der Waals surface area (Å²) in [5, 5.41) is 5.21. The van der Waals surface area contributed by atoms with Crippen molar-refractivity contribution in [2.45, 2.75) is 17.2 Å². The molecule has 1 aliphatic rings. The van der Waals surface area contributed by atoms with Crippen LogP contribution in [-0.4, -0.2) is 21.4 Å². The number of halogens is 3. The molecule has 138 valence electrons. The molecule has 0 unspecified atom stereocenters. The Kier molecular flexibility index (Phi) is 4.41. The van der Waals surface area contributed by atoms with Crippen molar-refractivity contribution in [1.29, 1.82) is 0 Å². The zero-order chi connectivity index (χ0) is 19.1. The molecule has 1 atom stereocenters. The first-order chi connectivity index (χ1) is 12.1. The fourth-order valence-electron chi connectivity index (χ4n) is 2.58. The van der Waals surface area contributed by atoms with Gasteiger partial charge in [0, 0.05) is 12.6 Å². The molecule has 3 N–H and O–H groups in total. The molecule has 0 bridgehead atoms. The van der Waals surface area contributed by atoms with Crippen molar-refractivity contribution < 1.29 is 26.4 Å². The molecule has 2 aromatic carbocycles. The number of sulfonamides is 1. The minimum absolute atomic E-state index is 0.140. The van der Waals surface area contributed by atoms with E-state index in [0.29, 0.717) is 11.1 Å². The fraction of sp³-hybridized carbons (Fsp3) is 0.188. The van der Waals surface area contributed by atoms with Gasteiger partial charge in [0.05, 0.1) is 11.3 Å². The maximum absolute atomic E-state index is 12.9. The molecule has 0 aromatic heterocycles. The summed E-state index contributed by atoms with van der Waals surface area (Å²) in [6.07, 6.45) is -5.55. The molecule has 3 rings (SSSR count). The number of nitrogens with one attached hydrogen (secondary N) is 3. The Morgan fingerprint density at radius 1 is 1.12 bits per heavy atom. The maximum atomic E-state index is 12.9. The lowest BCUT2D eigenvalue weighted by Crippen LogP contribution is -2.38. The van der Waals surface area contributed by atoms with E-state index in [1.54, 1.807) is 0 Å². The summed E-state index contributed by atoms with van der Waals surface area (Å²) < 4.78 is 65.7. The van der Waals surface area contributed by atoms with Crippen LogP contribution in [0.3, 0.4) is 0 Å². The van der Waals surface area contributed by atoms with E-state index in [-0.39, 0.29) is 16.5 Å². The molecule has 0 aliphatic carbocycles. The van der Waals surface area contributed by atoms with E-state index in [1.807, 2.05) is 0 Å². The lowest BCUT2D eigenvalue weighted by molar-refractivity contribution is -0.137. The van der Waals surface area contributed by atoms with Crippen LogP contribution in [0.1, 0.15) is 27.7 Å². The summed E-state index contributed by atoms with van der Waals surface area (Å²) in [6.45, 7) is 0. The Morgan fingerprint density at radius 3 is 2.35 bits per heavy atom. The first kappa shape index (κ1) is 18.2. The number of carbonyl (C=O) groups is 1. The van der Waals surface area contributed by atoms with Crippen LogP contribution in [-0.2, 0) is 16.2 Å².